The SMILES string of the molecule is COC(=O)c1ccc(C)c(Cl)c1S(C)(=O)=O. The smallest absolute Gasteiger partial charge is 0.339 e. The second-order valence-corrected chi connectivity index (χ2v) is 5.67. The molecule has 0 aromatic heterocycles. The first-order chi connectivity index (χ1) is 7.29. The van der Waals surface area contributed by atoms with Gasteiger partial charge in [0.15, 0.2) is 9.84 Å². The topological polar surface area (TPSA) is 60.4 Å². The van der Waals surface area contributed by atoms with E-state index in [1.807, 2.05) is 0 Å². The van der Waals surface area contributed by atoms with E-state index < -0.39 is 15.8 Å². The molecule has 0 aliphatic rings. The molecule has 0 fully saturated rings. The van der Waals surface area contributed by atoms with Crippen LogP contribution in [0.4, 0.5) is 0 Å². The van der Waals surface area contributed by atoms with E-state index in [4.69, 9.17) is 11.6 Å². The lowest BCUT2D eigenvalue weighted by molar-refractivity contribution is 0.0596. The van der Waals surface area contributed by atoms with Gasteiger partial charge in [0.1, 0.15) is 0 Å². The van der Waals surface area contributed by atoms with Crippen molar-refractivity contribution in [3.63, 3.8) is 0 Å². The number of hydrogen-bond acceptors (Lipinski definition) is 4. The van der Waals surface area contributed by atoms with E-state index in [2.05, 4.69) is 4.74 Å². The van der Waals surface area contributed by atoms with Crippen molar-refractivity contribution in [3.8, 4) is 0 Å². The van der Waals surface area contributed by atoms with Crippen LogP contribution in [0.1, 0.15) is 15.9 Å². The highest BCUT2D eigenvalue weighted by Gasteiger charge is 2.23. The summed E-state index contributed by atoms with van der Waals surface area (Å²) in [4.78, 5) is 11.2. The summed E-state index contributed by atoms with van der Waals surface area (Å²) in [6.45, 7) is 1.66. The fraction of sp³-hybridized carbons (Fsp3) is 0.300. The van der Waals surface area contributed by atoms with Gasteiger partial charge in [0.05, 0.1) is 22.6 Å². The fourth-order valence-corrected chi connectivity index (χ4v) is 2.91. The van der Waals surface area contributed by atoms with Crippen molar-refractivity contribution < 1.29 is 17.9 Å². The minimum Gasteiger partial charge on any atom is -0.465 e. The van der Waals surface area contributed by atoms with Crippen molar-refractivity contribution in [1.82, 2.24) is 0 Å². The molecule has 4 nitrogen and oxygen atoms in total. The number of sulfone groups is 1. The van der Waals surface area contributed by atoms with E-state index in [9.17, 15) is 13.2 Å². The van der Waals surface area contributed by atoms with Gasteiger partial charge in [-0.15, -0.1) is 0 Å². The molecule has 1 aromatic rings. The summed E-state index contributed by atoms with van der Waals surface area (Å²) in [5.74, 6) is -0.720. The molecule has 16 heavy (non-hydrogen) atoms. The standard InChI is InChI=1S/C10H11ClO4S/c1-6-4-5-7(10(12)15-2)9(8(6)11)16(3,13)14/h4-5H,1-3H3. The van der Waals surface area contributed by atoms with Crippen molar-refractivity contribution in [1.29, 1.82) is 0 Å². The zero-order valence-electron chi connectivity index (χ0n) is 9.07. The number of aryl methyl sites for hydroxylation is 1. The van der Waals surface area contributed by atoms with Crippen LogP contribution in [0.3, 0.4) is 0 Å². The Balaban J connectivity index is 3.65. The van der Waals surface area contributed by atoms with Gasteiger partial charge in [-0.05, 0) is 18.6 Å². The molecule has 0 unspecified atom stereocenters. The van der Waals surface area contributed by atoms with E-state index >= 15 is 0 Å². The molecule has 0 aliphatic heterocycles. The summed E-state index contributed by atoms with van der Waals surface area (Å²) < 4.78 is 27.6. The lowest BCUT2D eigenvalue weighted by Gasteiger charge is -2.09. The van der Waals surface area contributed by atoms with Gasteiger partial charge in [0.25, 0.3) is 0 Å². The second-order valence-electron chi connectivity index (χ2n) is 3.34. The van der Waals surface area contributed by atoms with Gasteiger partial charge in [-0.1, -0.05) is 17.7 Å². The number of esters is 1. The predicted octanol–water partition coefficient (Wildman–Crippen LogP) is 1.84. The molecule has 0 spiro atoms. The highest BCUT2D eigenvalue weighted by molar-refractivity contribution is 7.91. The third-order valence-electron chi connectivity index (χ3n) is 2.07. The minimum atomic E-state index is -3.57. The number of hydrogen-bond donors (Lipinski definition) is 0. The number of rotatable bonds is 2. The van der Waals surface area contributed by atoms with Gasteiger partial charge in [-0.25, -0.2) is 13.2 Å². The molecule has 0 saturated carbocycles. The summed E-state index contributed by atoms with van der Waals surface area (Å²) in [6, 6.07) is 2.96. The fourth-order valence-electron chi connectivity index (χ4n) is 1.29. The van der Waals surface area contributed by atoms with Crippen molar-refractivity contribution in [2.24, 2.45) is 0 Å². The summed E-state index contributed by atoms with van der Waals surface area (Å²) in [5.41, 5.74) is 0.551. The highest BCUT2D eigenvalue weighted by atomic mass is 35.5. The Morgan fingerprint density at radius 1 is 1.38 bits per heavy atom. The van der Waals surface area contributed by atoms with Gasteiger partial charge in [0, 0.05) is 6.26 Å². The third kappa shape index (κ3) is 2.36. The molecule has 0 heterocycles. The monoisotopic (exact) mass is 262 g/mol. The minimum absolute atomic E-state index is 0.0411. The van der Waals surface area contributed by atoms with Crippen LogP contribution in [0.15, 0.2) is 17.0 Å². The molecule has 1 rings (SSSR count). The quantitative estimate of drug-likeness (QED) is 0.763. The molecule has 88 valence electrons. The zero-order chi connectivity index (χ0) is 12.5. The first-order valence-electron chi connectivity index (χ1n) is 4.36. The van der Waals surface area contributed by atoms with Gasteiger partial charge in [-0.2, -0.15) is 0 Å². The Kier molecular flexibility index (Phi) is 3.60. The van der Waals surface area contributed by atoms with Gasteiger partial charge in [-0.3, -0.25) is 0 Å². The Bertz CT molecular complexity index is 534. The van der Waals surface area contributed by atoms with Crippen LogP contribution < -0.4 is 0 Å². The lowest BCUT2D eigenvalue weighted by Crippen LogP contribution is -2.11. The number of benzene rings is 1. The molecule has 0 amide bonds. The summed E-state index contributed by atoms with van der Waals surface area (Å²) in [7, 11) is -2.39. The Morgan fingerprint density at radius 2 is 1.94 bits per heavy atom. The average Bonchev–Trinajstić information content (AvgIpc) is 2.18. The van der Waals surface area contributed by atoms with E-state index in [0.29, 0.717) is 5.56 Å². The summed E-state index contributed by atoms with van der Waals surface area (Å²) in [5, 5.41) is 0.0606. The van der Waals surface area contributed by atoms with E-state index in [1.165, 1.54) is 13.2 Å². The molecule has 6 heteroatoms. The van der Waals surface area contributed by atoms with Gasteiger partial charge < -0.3 is 4.74 Å². The number of carbonyl (C=O) groups is 1. The number of halogens is 1. The summed E-state index contributed by atoms with van der Waals surface area (Å²) in [6.07, 6.45) is 1.00. The molecule has 0 bridgehead atoms. The maximum atomic E-state index is 11.6. The molecule has 0 N–H and O–H groups in total. The van der Waals surface area contributed by atoms with Crippen LogP contribution in [0.25, 0.3) is 0 Å². The van der Waals surface area contributed by atoms with E-state index in [-0.39, 0.29) is 15.5 Å². The normalized spacial score (nSPS) is 11.2. The molecule has 0 atom stereocenters. The average molecular weight is 263 g/mol. The molecular formula is C10H11ClO4S. The zero-order valence-corrected chi connectivity index (χ0v) is 10.6. The van der Waals surface area contributed by atoms with Gasteiger partial charge in [0.2, 0.25) is 0 Å². The van der Waals surface area contributed by atoms with Crippen molar-refractivity contribution >= 4 is 27.4 Å². The first-order valence-corrected chi connectivity index (χ1v) is 6.63. The lowest BCUT2D eigenvalue weighted by atomic mass is 10.1. The van der Waals surface area contributed by atoms with Crippen molar-refractivity contribution in [2.75, 3.05) is 13.4 Å². The van der Waals surface area contributed by atoms with Crippen LogP contribution in [-0.4, -0.2) is 27.8 Å². The molecule has 0 aliphatic carbocycles. The molecular weight excluding hydrogens is 252 g/mol. The highest BCUT2D eigenvalue weighted by Crippen LogP contribution is 2.29. The number of ether oxygens (including phenoxy) is 1. The third-order valence-corrected chi connectivity index (χ3v) is 3.83. The maximum absolute atomic E-state index is 11.6. The maximum Gasteiger partial charge on any atom is 0.339 e. The van der Waals surface area contributed by atoms with Crippen LogP contribution in [0.5, 0.6) is 0 Å². The molecule has 0 saturated heterocycles. The van der Waals surface area contributed by atoms with Gasteiger partial charge >= 0.3 is 5.97 Å². The molecule has 0 radical (unpaired) electrons. The molecule has 1 aromatic carbocycles. The Labute approximate surface area is 99.1 Å². The Hall–Kier alpha value is -1.07. The van der Waals surface area contributed by atoms with Crippen LogP contribution in [0, 0.1) is 6.92 Å². The van der Waals surface area contributed by atoms with Crippen LogP contribution in [0.2, 0.25) is 5.02 Å². The number of carbonyl (C=O) groups excluding carboxylic acids is 1. The second kappa shape index (κ2) is 4.43. The largest absolute Gasteiger partial charge is 0.465 e. The van der Waals surface area contributed by atoms with E-state index in [1.54, 1.807) is 13.0 Å². The van der Waals surface area contributed by atoms with Crippen molar-refractivity contribution in [3.05, 3.63) is 28.3 Å². The first kappa shape index (κ1) is 13.0. The Morgan fingerprint density at radius 3 is 2.38 bits per heavy atom. The van der Waals surface area contributed by atoms with Crippen LogP contribution >= 0.6 is 11.6 Å². The van der Waals surface area contributed by atoms with Crippen LogP contribution in [-0.2, 0) is 14.6 Å². The predicted molar refractivity (Wildman–Crippen MR) is 60.6 cm³/mol. The number of methoxy groups -OCH3 is 1. The summed E-state index contributed by atoms with van der Waals surface area (Å²) >= 11 is 5.90. The van der Waals surface area contributed by atoms with E-state index in [0.717, 1.165) is 6.26 Å². The van der Waals surface area contributed by atoms with Crippen molar-refractivity contribution in [2.45, 2.75) is 11.8 Å².